The minimum absolute atomic E-state index is 0.680. The summed E-state index contributed by atoms with van der Waals surface area (Å²) in [5.41, 5.74) is 1.44. The van der Waals surface area contributed by atoms with E-state index in [1.807, 2.05) is 6.20 Å². The molecule has 1 N–H and O–H groups in total. The second kappa shape index (κ2) is 4.52. The Morgan fingerprint density at radius 2 is 2.38 bits per heavy atom. The summed E-state index contributed by atoms with van der Waals surface area (Å²) < 4.78 is 5.53. The molecule has 3 heteroatoms. The Hall–Kier alpha value is -0.930. The van der Waals surface area contributed by atoms with E-state index in [1.54, 1.807) is 11.5 Å². The minimum atomic E-state index is 0.680. The normalized spacial score (nSPS) is 21.4. The highest BCUT2D eigenvalue weighted by Gasteiger charge is 2.13. The number of rotatable bonds is 2. The molecule has 2 heterocycles. The van der Waals surface area contributed by atoms with Crippen LogP contribution in [-0.4, -0.2) is 17.0 Å². The maximum atomic E-state index is 4.22. The Labute approximate surface area is 99.8 Å². The Morgan fingerprint density at radius 3 is 3.25 bits per heavy atom. The van der Waals surface area contributed by atoms with E-state index in [9.17, 15) is 0 Å². The van der Waals surface area contributed by atoms with Crippen LogP contribution < -0.4 is 5.32 Å². The van der Waals surface area contributed by atoms with Crippen LogP contribution in [0.2, 0.25) is 0 Å². The van der Waals surface area contributed by atoms with E-state index in [0.29, 0.717) is 6.04 Å². The van der Waals surface area contributed by atoms with Crippen LogP contribution in [0.5, 0.6) is 0 Å². The zero-order valence-corrected chi connectivity index (χ0v) is 10.1. The number of piperidine rings is 1. The third-order valence-electron chi connectivity index (χ3n) is 3.32. The number of nitrogens with zero attached hydrogens (tertiary/aromatic N) is 1. The highest BCUT2D eigenvalue weighted by Crippen LogP contribution is 2.21. The molecular formula is C13H16N2S. The van der Waals surface area contributed by atoms with Crippen molar-refractivity contribution in [3.8, 4) is 0 Å². The molecule has 3 rings (SSSR count). The van der Waals surface area contributed by atoms with Gasteiger partial charge in [-0.1, -0.05) is 18.6 Å². The van der Waals surface area contributed by atoms with Crippen molar-refractivity contribution in [3.63, 3.8) is 0 Å². The van der Waals surface area contributed by atoms with Crippen molar-refractivity contribution < 1.29 is 0 Å². The fourth-order valence-electron chi connectivity index (χ4n) is 2.41. The molecule has 0 amide bonds. The van der Waals surface area contributed by atoms with Crippen LogP contribution in [0.1, 0.15) is 24.8 Å². The molecule has 2 nitrogen and oxygen atoms in total. The van der Waals surface area contributed by atoms with Crippen LogP contribution in [0.25, 0.3) is 10.1 Å². The van der Waals surface area contributed by atoms with E-state index in [1.165, 1.54) is 41.5 Å². The average Bonchev–Trinajstić information content (AvgIpc) is 2.77. The molecule has 1 aliphatic heterocycles. The molecule has 1 atom stereocenters. The Bertz CT molecular complexity index is 471. The summed E-state index contributed by atoms with van der Waals surface area (Å²) in [7, 11) is 0. The second-order valence-corrected chi connectivity index (χ2v) is 5.38. The van der Waals surface area contributed by atoms with Gasteiger partial charge in [0.1, 0.15) is 0 Å². The molecule has 1 aromatic carbocycles. The largest absolute Gasteiger partial charge is 0.314 e. The molecule has 1 saturated heterocycles. The minimum Gasteiger partial charge on any atom is -0.314 e. The molecule has 1 fully saturated rings. The van der Waals surface area contributed by atoms with Crippen LogP contribution in [0.15, 0.2) is 24.4 Å². The summed E-state index contributed by atoms with van der Waals surface area (Å²) in [4.78, 5) is 0. The van der Waals surface area contributed by atoms with E-state index < -0.39 is 0 Å². The SMILES string of the molecule is c1cc2cnsc2cc1CC1CCCCN1. The Balaban J connectivity index is 1.77. The maximum absolute atomic E-state index is 4.22. The van der Waals surface area contributed by atoms with Crippen molar-refractivity contribution in [1.29, 1.82) is 0 Å². The monoisotopic (exact) mass is 232 g/mol. The highest BCUT2D eigenvalue weighted by molar-refractivity contribution is 7.13. The third-order valence-corrected chi connectivity index (χ3v) is 4.08. The second-order valence-electron chi connectivity index (χ2n) is 4.55. The Morgan fingerprint density at radius 1 is 1.38 bits per heavy atom. The first-order valence-electron chi connectivity index (χ1n) is 5.98. The van der Waals surface area contributed by atoms with Crippen LogP contribution in [0.3, 0.4) is 0 Å². The van der Waals surface area contributed by atoms with Crippen LogP contribution in [0.4, 0.5) is 0 Å². The molecule has 2 aromatic rings. The molecule has 0 radical (unpaired) electrons. The number of aromatic nitrogens is 1. The van der Waals surface area contributed by atoms with Gasteiger partial charge in [-0.15, -0.1) is 0 Å². The van der Waals surface area contributed by atoms with Crippen molar-refractivity contribution in [2.24, 2.45) is 0 Å². The van der Waals surface area contributed by atoms with E-state index in [2.05, 4.69) is 27.9 Å². The van der Waals surface area contributed by atoms with Crippen molar-refractivity contribution in [2.45, 2.75) is 31.7 Å². The number of benzene rings is 1. The van der Waals surface area contributed by atoms with Crippen molar-refractivity contribution in [2.75, 3.05) is 6.54 Å². The van der Waals surface area contributed by atoms with Gasteiger partial charge >= 0.3 is 0 Å². The lowest BCUT2D eigenvalue weighted by atomic mass is 9.97. The zero-order chi connectivity index (χ0) is 10.8. The summed E-state index contributed by atoms with van der Waals surface area (Å²) in [6.07, 6.45) is 7.14. The molecule has 84 valence electrons. The maximum Gasteiger partial charge on any atom is 0.0552 e. The van der Waals surface area contributed by atoms with Gasteiger partial charge in [0.05, 0.1) is 4.70 Å². The van der Waals surface area contributed by atoms with Crippen molar-refractivity contribution in [1.82, 2.24) is 9.69 Å². The number of nitrogens with one attached hydrogen (secondary N) is 1. The summed E-state index contributed by atoms with van der Waals surface area (Å²) >= 11 is 1.59. The molecule has 0 bridgehead atoms. The van der Waals surface area contributed by atoms with E-state index in [0.717, 1.165) is 6.42 Å². The number of hydrogen-bond donors (Lipinski definition) is 1. The summed E-state index contributed by atoms with van der Waals surface area (Å²) in [6, 6.07) is 7.41. The van der Waals surface area contributed by atoms with Gasteiger partial charge in [0.15, 0.2) is 0 Å². The standard InChI is InChI=1S/C13H16N2S/c1-2-6-14-12(3-1)7-10-4-5-11-9-15-16-13(11)8-10/h4-5,8-9,12,14H,1-3,6-7H2. The fourth-order valence-corrected chi connectivity index (χ4v) is 3.12. The van der Waals surface area contributed by atoms with Gasteiger partial charge in [-0.3, -0.25) is 0 Å². The molecule has 0 spiro atoms. The van der Waals surface area contributed by atoms with Gasteiger partial charge in [0.2, 0.25) is 0 Å². The first-order valence-corrected chi connectivity index (χ1v) is 6.76. The predicted molar refractivity (Wildman–Crippen MR) is 69.0 cm³/mol. The molecule has 0 saturated carbocycles. The van der Waals surface area contributed by atoms with Gasteiger partial charge < -0.3 is 5.32 Å². The molecule has 16 heavy (non-hydrogen) atoms. The molecule has 0 aliphatic carbocycles. The van der Waals surface area contributed by atoms with Crippen LogP contribution in [0, 0.1) is 0 Å². The van der Waals surface area contributed by atoms with Crippen LogP contribution >= 0.6 is 11.5 Å². The summed E-state index contributed by atoms with van der Waals surface area (Å²) in [5.74, 6) is 0. The summed E-state index contributed by atoms with van der Waals surface area (Å²) in [5, 5.41) is 4.87. The first kappa shape index (κ1) is 10.2. The molecular weight excluding hydrogens is 216 g/mol. The van der Waals surface area contributed by atoms with Gasteiger partial charge in [-0.25, -0.2) is 0 Å². The van der Waals surface area contributed by atoms with Crippen LogP contribution in [-0.2, 0) is 6.42 Å². The topological polar surface area (TPSA) is 24.9 Å². The Kier molecular flexibility index (Phi) is 2.89. The van der Waals surface area contributed by atoms with Crippen molar-refractivity contribution >= 4 is 21.6 Å². The summed E-state index contributed by atoms with van der Waals surface area (Å²) in [6.45, 7) is 1.19. The number of hydrogen-bond acceptors (Lipinski definition) is 3. The van der Waals surface area contributed by atoms with Gasteiger partial charge in [-0.2, -0.15) is 4.37 Å². The van der Waals surface area contributed by atoms with Gasteiger partial charge in [0, 0.05) is 17.6 Å². The molecule has 1 aliphatic rings. The smallest absolute Gasteiger partial charge is 0.0552 e. The lowest BCUT2D eigenvalue weighted by molar-refractivity contribution is 0.399. The van der Waals surface area contributed by atoms with Crippen molar-refractivity contribution in [3.05, 3.63) is 30.0 Å². The predicted octanol–water partition coefficient (Wildman–Crippen LogP) is 2.98. The molecule has 1 unspecified atom stereocenters. The van der Waals surface area contributed by atoms with E-state index in [-0.39, 0.29) is 0 Å². The average molecular weight is 232 g/mol. The van der Waals surface area contributed by atoms with E-state index >= 15 is 0 Å². The third kappa shape index (κ3) is 2.11. The fraction of sp³-hybridized carbons (Fsp3) is 0.462. The van der Waals surface area contributed by atoms with Gasteiger partial charge in [-0.05, 0) is 49.0 Å². The highest BCUT2D eigenvalue weighted by atomic mass is 32.1. The lowest BCUT2D eigenvalue weighted by Crippen LogP contribution is -2.35. The van der Waals surface area contributed by atoms with Gasteiger partial charge in [0.25, 0.3) is 0 Å². The number of fused-ring (bicyclic) bond motifs is 1. The lowest BCUT2D eigenvalue weighted by Gasteiger charge is -2.23. The first-order chi connectivity index (χ1) is 7.92. The molecule has 1 aromatic heterocycles. The zero-order valence-electron chi connectivity index (χ0n) is 9.28. The quantitative estimate of drug-likeness (QED) is 0.861. The van der Waals surface area contributed by atoms with E-state index in [4.69, 9.17) is 0 Å².